The fourth-order valence-electron chi connectivity index (χ4n) is 1.37. The van der Waals surface area contributed by atoms with Gasteiger partial charge in [-0.15, -0.1) is 11.3 Å². The molecule has 1 nitrogen and oxygen atoms in total. The van der Waals surface area contributed by atoms with Crippen molar-refractivity contribution in [1.29, 1.82) is 0 Å². The SMILES string of the molecule is OC(c1sccc1Cl)C1CSCCS1. The molecular formula is C9H11ClOS3. The van der Waals surface area contributed by atoms with Gasteiger partial charge in [0.15, 0.2) is 0 Å². The van der Waals surface area contributed by atoms with Gasteiger partial charge >= 0.3 is 0 Å². The quantitative estimate of drug-likeness (QED) is 0.887. The van der Waals surface area contributed by atoms with Gasteiger partial charge in [-0.2, -0.15) is 23.5 Å². The van der Waals surface area contributed by atoms with Crippen molar-refractivity contribution in [3.05, 3.63) is 21.3 Å². The topological polar surface area (TPSA) is 20.2 Å². The molecule has 0 spiro atoms. The van der Waals surface area contributed by atoms with E-state index in [1.807, 2.05) is 35.0 Å². The molecule has 0 radical (unpaired) electrons. The van der Waals surface area contributed by atoms with Crippen LogP contribution < -0.4 is 0 Å². The Morgan fingerprint density at radius 3 is 2.93 bits per heavy atom. The summed E-state index contributed by atoms with van der Waals surface area (Å²) in [4.78, 5) is 0.923. The molecule has 2 heterocycles. The summed E-state index contributed by atoms with van der Waals surface area (Å²) in [5, 5.41) is 13.1. The van der Waals surface area contributed by atoms with Crippen molar-refractivity contribution in [2.24, 2.45) is 0 Å². The van der Waals surface area contributed by atoms with E-state index in [0.717, 1.165) is 16.4 Å². The largest absolute Gasteiger partial charge is 0.386 e. The van der Waals surface area contributed by atoms with Crippen LogP contribution in [0.2, 0.25) is 5.02 Å². The van der Waals surface area contributed by atoms with Crippen molar-refractivity contribution in [2.45, 2.75) is 11.4 Å². The summed E-state index contributed by atoms with van der Waals surface area (Å²) in [5.74, 6) is 3.36. The van der Waals surface area contributed by atoms with E-state index in [1.165, 1.54) is 5.75 Å². The number of aliphatic hydroxyl groups excluding tert-OH is 1. The zero-order chi connectivity index (χ0) is 9.97. The summed E-state index contributed by atoms with van der Waals surface area (Å²) in [6, 6.07) is 1.85. The van der Waals surface area contributed by atoms with E-state index in [4.69, 9.17) is 11.6 Å². The molecule has 2 rings (SSSR count). The number of hydrogen-bond donors (Lipinski definition) is 1. The maximum absolute atomic E-state index is 10.1. The Kier molecular flexibility index (Phi) is 4.08. The van der Waals surface area contributed by atoms with Crippen molar-refractivity contribution >= 4 is 46.5 Å². The van der Waals surface area contributed by atoms with Crippen LogP contribution >= 0.6 is 46.5 Å². The van der Waals surface area contributed by atoms with Gasteiger partial charge in [-0.3, -0.25) is 0 Å². The number of halogens is 1. The molecule has 14 heavy (non-hydrogen) atoms. The van der Waals surface area contributed by atoms with E-state index in [2.05, 4.69) is 0 Å². The zero-order valence-corrected chi connectivity index (χ0v) is 10.7. The van der Waals surface area contributed by atoms with E-state index >= 15 is 0 Å². The van der Waals surface area contributed by atoms with Gasteiger partial charge in [0.2, 0.25) is 0 Å². The smallest absolute Gasteiger partial charge is 0.102 e. The van der Waals surface area contributed by atoms with Crippen LogP contribution in [0, 0.1) is 0 Å². The summed E-state index contributed by atoms with van der Waals surface area (Å²) in [5.41, 5.74) is 0. The molecule has 1 aromatic rings. The summed E-state index contributed by atoms with van der Waals surface area (Å²) < 4.78 is 0. The van der Waals surface area contributed by atoms with Gasteiger partial charge < -0.3 is 5.11 Å². The third kappa shape index (κ3) is 2.42. The lowest BCUT2D eigenvalue weighted by atomic mass is 10.2. The van der Waals surface area contributed by atoms with Crippen molar-refractivity contribution < 1.29 is 5.11 Å². The zero-order valence-electron chi connectivity index (χ0n) is 7.48. The Hall–Kier alpha value is 0.650. The van der Waals surface area contributed by atoms with Gasteiger partial charge in [0.1, 0.15) is 6.10 Å². The van der Waals surface area contributed by atoms with Gasteiger partial charge in [0.05, 0.1) is 9.90 Å². The van der Waals surface area contributed by atoms with Crippen LogP contribution in [0.1, 0.15) is 11.0 Å². The van der Waals surface area contributed by atoms with Crippen molar-refractivity contribution in [3.8, 4) is 0 Å². The van der Waals surface area contributed by atoms with Crippen LogP contribution in [0.25, 0.3) is 0 Å². The molecule has 2 unspecified atom stereocenters. The lowest BCUT2D eigenvalue weighted by Gasteiger charge is -2.25. The van der Waals surface area contributed by atoms with Crippen LogP contribution in [-0.2, 0) is 0 Å². The first kappa shape index (κ1) is 11.1. The Morgan fingerprint density at radius 2 is 2.36 bits per heavy atom. The normalized spacial score (nSPS) is 24.9. The third-order valence-corrected chi connectivity index (χ3v) is 6.39. The summed E-state index contributed by atoms with van der Waals surface area (Å²) in [6.45, 7) is 0. The molecule has 0 aromatic carbocycles. The number of rotatable bonds is 2. The summed E-state index contributed by atoms with van der Waals surface area (Å²) in [6.07, 6.45) is -0.389. The second kappa shape index (κ2) is 5.12. The summed E-state index contributed by atoms with van der Waals surface area (Å²) >= 11 is 11.3. The molecule has 0 aliphatic carbocycles. The number of hydrogen-bond acceptors (Lipinski definition) is 4. The molecule has 5 heteroatoms. The highest BCUT2D eigenvalue weighted by atomic mass is 35.5. The van der Waals surface area contributed by atoms with Crippen molar-refractivity contribution in [2.75, 3.05) is 17.3 Å². The highest BCUT2D eigenvalue weighted by Gasteiger charge is 2.26. The first-order valence-electron chi connectivity index (χ1n) is 4.39. The first-order valence-corrected chi connectivity index (χ1v) is 7.85. The molecule has 0 amide bonds. The molecule has 0 saturated carbocycles. The molecule has 0 bridgehead atoms. The Morgan fingerprint density at radius 1 is 1.50 bits per heavy atom. The molecule has 2 atom stereocenters. The van der Waals surface area contributed by atoms with Crippen LogP contribution in [0.3, 0.4) is 0 Å². The van der Waals surface area contributed by atoms with E-state index in [-0.39, 0.29) is 6.10 Å². The third-order valence-electron chi connectivity index (χ3n) is 2.11. The van der Waals surface area contributed by atoms with Gasteiger partial charge in [0, 0.05) is 22.5 Å². The van der Waals surface area contributed by atoms with E-state index in [1.54, 1.807) is 11.3 Å². The van der Waals surface area contributed by atoms with E-state index < -0.39 is 0 Å². The van der Waals surface area contributed by atoms with Crippen LogP contribution in [0.4, 0.5) is 0 Å². The first-order chi connectivity index (χ1) is 6.79. The maximum atomic E-state index is 10.1. The number of thiophene rings is 1. The molecule has 78 valence electrons. The Bertz CT molecular complexity index is 296. The van der Waals surface area contributed by atoms with Gasteiger partial charge in [-0.05, 0) is 11.4 Å². The molecule has 1 aromatic heterocycles. The number of aliphatic hydroxyl groups is 1. The predicted molar refractivity (Wildman–Crippen MR) is 67.9 cm³/mol. The van der Waals surface area contributed by atoms with Crippen LogP contribution in [-0.4, -0.2) is 27.6 Å². The minimum Gasteiger partial charge on any atom is -0.386 e. The minimum atomic E-state index is -0.389. The Balaban J connectivity index is 2.07. The van der Waals surface area contributed by atoms with Crippen LogP contribution in [0.5, 0.6) is 0 Å². The van der Waals surface area contributed by atoms with E-state index in [0.29, 0.717) is 10.3 Å². The maximum Gasteiger partial charge on any atom is 0.102 e. The molecule has 1 saturated heterocycles. The van der Waals surface area contributed by atoms with Crippen LogP contribution in [0.15, 0.2) is 11.4 Å². The fourth-order valence-corrected chi connectivity index (χ4v) is 5.41. The van der Waals surface area contributed by atoms with Gasteiger partial charge in [0.25, 0.3) is 0 Å². The molecular weight excluding hydrogens is 256 g/mol. The second-order valence-electron chi connectivity index (χ2n) is 3.06. The lowest BCUT2D eigenvalue weighted by molar-refractivity contribution is 0.184. The molecule has 1 fully saturated rings. The second-order valence-corrected chi connectivity index (χ2v) is 6.91. The standard InChI is InChI=1S/C9H11ClOS3/c10-6-1-2-14-9(6)8(11)7-5-12-3-4-13-7/h1-2,7-8,11H,3-5H2. The highest BCUT2D eigenvalue weighted by molar-refractivity contribution is 8.06. The number of thioether (sulfide) groups is 2. The van der Waals surface area contributed by atoms with Crippen molar-refractivity contribution in [1.82, 2.24) is 0 Å². The van der Waals surface area contributed by atoms with Gasteiger partial charge in [-0.1, -0.05) is 11.6 Å². The average molecular weight is 267 g/mol. The summed E-state index contributed by atoms with van der Waals surface area (Å²) in [7, 11) is 0. The highest BCUT2D eigenvalue weighted by Crippen LogP contribution is 2.38. The van der Waals surface area contributed by atoms with Gasteiger partial charge in [-0.25, -0.2) is 0 Å². The van der Waals surface area contributed by atoms with E-state index in [9.17, 15) is 5.11 Å². The predicted octanol–water partition coefficient (Wildman–Crippen LogP) is 3.28. The fraction of sp³-hybridized carbons (Fsp3) is 0.556. The lowest BCUT2D eigenvalue weighted by Crippen LogP contribution is -2.21. The average Bonchev–Trinajstić information content (AvgIpc) is 2.65. The molecule has 1 aliphatic heterocycles. The molecule has 1 aliphatic rings. The minimum absolute atomic E-state index is 0.310. The van der Waals surface area contributed by atoms with Crippen molar-refractivity contribution in [3.63, 3.8) is 0 Å². The monoisotopic (exact) mass is 266 g/mol. The Labute approximate surface area is 101 Å². The molecule has 1 N–H and O–H groups in total.